The van der Waals surface area contributed by atoms with Gasteiger partial charge >= 0.3 is 0 Å². The fourth-order valence-electron chi connectivity index (χ4n) is 2.99. The van der Waals surface area contributed by atoms with Gasteiger partial charge in [0.2, 0.25) is 5.91 Å². The standard InChI is InChI=1S/C19H28N4O/c1-14-9-7-8-10-17(14)18(21(4)5)19(24)22(6)11-12-23-16(3)13-15(2)20-23/h7-10,13,18H,11-12H2,1-6H3/t18-/m0/s1. The predicted octanol–water partition coefficient (Wildman–Crippen LogP) is 2.57. The van der Waals surface area contributed by atoms with E-state index in [0.717, 1.165) is 22.5 Å². The highest BCUT2D eigenvalue weighted by molar-refractivity contribution is 5.83. The summed E-state index contributed by atoms with van der Waals surface area (Å²) in [7, 11) is 5.76. The number of aromatic nitrogens is 2. The van der Waals surface area contributed by atoms with Crippen LogP contribution in [0.15, 0.2) is 30.3 Å². The Kier molecular flexibility index (Phi) is 5.78. The second-order valence-corrected chi connectivity index (χ2v) is 6.63. The average molecular weight is 328 g/mol. The Morgan fingerprint density at radius 2 is 1.83 bits per heavy atom. The van der Waals surface area contributed by atoms with Crippen LogP contribution in [-0.2, 0) is 11.3 Å². The molecule has 0 N–H and O–H groups in total. The largest absolute Gasteiger partial charge is 0.342 e. The molecule has 1 aromatic carbocycles. The van der Waals surface area contributed by atoms with E-state index in [1.54, 1.807) is 4.90 Å². The van der Waals surface area contributed by atoms with Crippen LogP contribution in [0.1, 0.15) is 28.6 Å². The van der Waals surface area contributed by atoms with Crippen molar-refractivity contribution in [3.8, 4) is 0 Å². The van der Waals surface area contributed by atoms with Gasteiger partial charge in [-0.3, -0.25) is 14.4 Å². The van der Waals surface area contributed by atoms with E-state index in [1.807, 2.05) is 62.8 Å². The third-order valence-electron chi connectivity index (χ3n) is 4.36. The molecular weight excluding hydrogens is 300 g/mol. The molecule has 0 saturated carbocycles. The first-order valence-corrected chi connectivity index (χ1v) is 8.29. The van der Waals surface area contributed by atoms with Crippen LogP contribution in [0.3, 0.4) is 0 Å². The third-order valence-corrected chi connectivity index (χ3v) is 4.36. The highest BCUT2D eigenvalue weighted by Gasteiger charge is 2.27. The second kappa shape index (κ2) is 7.62. The first-order chi connectivity index (χ1) is 11.3. The summed E-state index contributed by atoms with van der Waals surface area (Å²) in [5.74, 6) is 0.107. The van der Waals surface area contributed by atoms with E-state index in [4.69, 9.17) is 0 Å². The Hall–Kier alpha value is -2.14. The molecule has 5 nitrogen and oxygen atoms in total. The summed E-state index contributed by atoms with van der Waals surface area (Å²) < 4.78 is 1.96. The quantitative estimate of drug-likeness (QED) is 0.818. The van der Waals surface area contributed by atoms with Crippen LogP contribution in [0.4, 0.5) is 0 Å². The van der Waals surface area contributed by atoms with Gasteiger partial charge < -0.3 is 4.90 Å². The molecule has 0 saturated heterocycles. The van der Waals surface area contributed by atoms with Crippen LogP contribution in [0.25, 0.3) is 0 Å². The molecule has 1 aromatic heterocycles. The summed E-state index contributed by atoms with van der Waals surface area (Å²) in [6, 6.07) is 9.86. The number of hydrogen-bond donors (Lipinski definition) is 0. The lowest BCUT2D eigenvalue weighted by atomic mass is 9.99. The fraction of sp³-hybridized carbons (Fsp3) is 0.474. The maximum Gasteiger partial charge on any atom is 0.244 e. The lowest BCUT2D eigenvalue weighted by Gasteiger charge is -2.29. The van der Waals surface area contributed by atoms with E-state index in [-0.39, 0.29) is 11.9 Å². The summed E-state index contributed by atoms with van der Waals surface area (Å²) in [6.45, 7) is 7.41. The molecule has 1 atom stereocenters. The fourth-order valence-corrected chi connectivity index (χ4v) is 2.99. The number of carbonyl (C=O) groups excluding carboxylic acids is 1. The van der Waals surface area contributed by atoms with Gasteiger partial charge in [-0.05, 0) is 52.1 Å². The van der Waals surface area contributed by atoms with Crippen molar-refractivity contribution in [2.24, 2.45) is 0 Å². The number of carbonyl (C=O) groups is 1. The summed E-state index contributed by atoms with van der Waals surface area (Å²) >= 11 is 0. The Labute approximate surface area is 144 Å². The predicted molar refractivity (Wildman–Crippen MR) is 96.9 cm³/mol. The molecule has 0 spiro atoms. The number of rotatable bonds is 6. The summed E-state index contributed by atoms with van der Waals surface area (Å²) in [4.78, 5) is 16.8. The monoisotopic (exact) mass is 328 g/mol. The second-order valence-electron chi connectivity index (χ2n) is 6.63. The van der Waals surface area contributed by atoms with Gasteiger partial charge in [-0.1, -0.05) is 24.3 Å². The van der Waals surface area contributed by atoms with Crippen molar-refractivity contribution in [1.82, 2.24) is 19.6 Å². The van der Waals surface area contributed by atoms with Crippen LogP contribution in [0, 0.1) is 20.8 Å². The SMILES string of the molecule is Cc1cc(C)n(CCN(C)C(=O)[C@H](c2ccccc2C)N(C)C)n1. The van der Waals surface area contributed by atoms with Gasteiger partial charge in [0.05, 0.1) is 12.2 Å². The molecular formula is C19H28N4O. The minimum atomic E-state index is -0.267. The van der Waals surface area contributed by atoms with E-state index in [9.17, 15) is 4.79 Å². The Bertz CT molecular complexity index is 705. The summed E-state index contributed by atoms with van der Waals surface area (Å²) in [6.07, 6.45) is 0. The number of benzene rings is 1. The van der Waals surface area contributed by atoms with Crippen LogP contribution < -0.4 is 0 Å². The van der Waals surface area contributed by atoms with Gasteiger partial charge in [-0.2, -0.15) is 5.10 Å². The molecule has 0 aliphatic carbocycles. The molecule has 0 aliphatic heterocycles. The van der Waals surface area contributed by atoms with Gasteiger partial charge in [0.25, 0.3) is 0 Å². The number of hydrogen-bond acceptors (Lipinski definition) is 3. The van der Waals surface area contributed by atoms with Crippen molar-refractivity contribution in [2.45, 2.75) is 33.4 Å². The Morgan fingerprint density at radius 3 is 2.38 bits per heavy atom. The zero-order chi connectivity index (χ0) is 17.9. The summed E-state index contributed by atoms with van der Waals surface area (Å²) in [5, 5.41) is 4.46. The molecule has 5 heteroatoms. The molecule has 2 rings (SSSR count). The average Bonchev–Trinajstić information content (AvgIpc) is 2.84. The zero-order valence-electron chi connectivity index (χ0n) is 15.6. The summed E-state index contributed by atoms with van der Waals surface area (Å²) in [5.41, 5.74) is 4.32. The van der Waals surface area contributed by atoms with Gasteiger partial charge in [0, 0.05) is 19.3 Å². The smallest absolute Gasteiger partial charge is 0.244 e. The molecule has 0 fully saturated rings. The molecule has 1 heterocycles. The van der Waals surface area contributed by atoms with Crippen LogP contribution in [0.2, 0.25) is 0 Å². The lowest BCUT2D eigenvalue weighted by molar-refractivity contribution is -0.135. The van der Waals surface area contributed by atoms with Gasteiger partial charge in [0.15, 0.2) is 0 Å². The van der Waals surface area contributed by atoms with E-state index < -0.39 is 0 Å². The van der Waals surface area contributed by atoms with Crippen molar-refractivity contribution in [2.75, 3.05) is 27.7 Å². The molecule has 2 aromatic rings. The number of likely N-dealkylation sites (N-methyl/N-ethyl adjacent to an activating group) is 2. The van der Waals surface area contributed by atoms with Gasteiger partial charge in [0.1, 0.15) is 6.04 Å². The molecule has 130 valence electrons. The number of nitrogens with zero attached hydrogens (tertiary/aromatic N) is 4. The minimum Gasteiger partial charge on any atom is -0.342 e. The van der Waals surface area contributed by atoms with Crippen LogP contribution >= 0.6 is 0 Å². The molecule has 1 amide bonds. The highest BCUT2D eigenvalue weighted by Crippen LogP contribution is 2.23. The normalized spacial score (nSPS) is 12.5. The van der Waals surface area contributed by atoms with Gasteiger partial charge in [-0.25, -0.2) is 0 Å². The molecule has 24 heavy (non-hydrogen) atoms. The molecule has 0 aliphatic rings. The Balaban J connectivity index is 2.12. The van der Waals surface area contributed by atoms with Gasteiger partial charge in [-0.15, -0.1) is 0 Å². The van der Waals surface area contributed by atoms with Crippen LogP contribution in [0.5, 0.6) is 0 Å². The molecule has 0 bridgehead atoms. The molecule has 0 radical (unpaired) electrons. The van der Waals surface area contributed by atoms with E-state index in [1.165, 1.54) is 0 Å². The molecule has 0 unspecified atom stereocenters. The van der Waals surface area contributed by atoms with Crippen molar-refractivity contribution < 1.29 is 4.79 Å². The first kappa shape index (κ1) is 18.2. The maximum atomic E-state index is 13.0. The van der Waals surface area contributed by atoms with Crippen molar-refractivity contribution in [3.63, 3.8) is 0 Å². The topological polar surface area (TPSA) is 41.4 Å². The van der Waals surface area contributed by atoms with E-state index in [0.29, 0.717) is 13.1 Å². The Morgan fingerprint density at radius 1 is 1.17 bits per heavy atom. The van der Waals surface area contributed by atoms with E-state index in [2.05, 4.69) is 24.2 Å². The number of aryl methyl sites for hydroxylation is 3. The van der Waals surface area contributed by atoms with E-state index >= 15 is 0 Å². The van der Waals surface area contributed by atoms with Crippen LogP contribution in [-0.4, -0.2) is 53.2 Å². The third kappa shape index (κ3) is 4.03. The maximum absolute atomic E-state index is 13.0. The lowest BCUT2D eigenvalue weighted by Crippen LogP contribution is -2.40. The first-order valence-electron chi connectivity index (χ1n) is 8.29. The van der Waals surface area contributed by atoms with Crippen molar-refractivity contribution >= 4 is 5.91 Å². The van der Waals surface area contributed by atoms with Crippen molar-refractivity contribution in [1.29, 1.82) is 0 Å². The number of amides is 1. The highest BCUT2D eigenvalue weighted by atomic mass is 16.2. The zero-order valence-corrected chi connectivity index (χ0v) is 15.6. The minimum absolute atomic E-state index is 0.107. The van der Waals surface area contributed by atoms with Crippen molar-refractivity contribution in [3.05, 3.63) is 52.8 Å².